The lowest BCUT2D eigenvalue weighted by Crippen LogP contribution is -2.55. The molecular weight excluding hydrogens is 310 g/mol. The Morgan fingerprint density at radius 1 is 1.04 bits per heavy atom. The Kier molecular flexibility index (Phi) is 8.11. The molecule has 1 aliphatic heterocycles. The number of allylic oxidation sites excluding steroid dienone is 3. The number of aliphatic hydroxyl groups is 1. The predicted octanol–water partition coefficient (Wildman–Crippen LogP) is 5.57. The summed E-state index contributed by atoms with van der Waals surface area (Å²) >= 11 is 0. The molecule has 1 N–H and O–H groups in total. The quantitative estimate of drug-likeness (QED) is 0.636. The fourth-order valence-electron chi connectivity index (χ4n) is 3.78. The van der Waals surface area contributed by atoms with Gasteiger partial charge in [-0.1, -0.05) is 37.1 Å². The van der Waals surface area contributed by atoms with Gasteiger partial charge in [-0.3, -0.25) is 4.84 Å². The largest absolute Gasteiger partial charge is 0.389 e. The predicted molar refractivity (Wildman–Crippen MR) is 107 cm³/mol. The first-order chi connectivity index (χ1) is 11.5. The number of aliphatic hydroxyl groups excluding tert-OH is 1. The molecule has 0 radical (unpaired) electrons. The minimum atomic E-state index is -0.472. The zero-order chi connectivity index (χ0) is 19.3. The lowest BCUT2D eigenvalue weighted by Gasteiger charge is -2.46. The van der Waals surface area contributed by atoms with Crippen molar-refractivity contribution in [2.75, 3.05) is 0 Å². The van der Waals surface area contributed by atoms with Crippen LogP contribution in [0.2, 0.25) is 0 Å². The van der Waals surface area contributed by atoms with Crippen LogP contribution >= 0.6 is 0 Å². The highest BCUT2D eigenvalue weighted by Gasteiger charge is 2.41. The number of hydroxylamine groups is 2. The van der Waals surface area contributed by atoms with Crippen LogP contribution in [0.4, 0.5) is 0 Å². The monoisotopic (exact) mass is 349 g/mol. The maximum Gasteiger partial charge on any atom is 0.0949 e. The summed E-state index contributed by atoms with van der Waals surface area (Å²) in [5.41, 5.74) is 2.07. The molecule has 0 saturated carbocycles. The molecule has 3 nitrogen and oxygen atoms in total. The van der Waals surface area contributed by atoms with Gasteiger partial charge in [-0.25, -0.2) is 0 Å². The van der Waals surface area contributed by atoms with E-state index in [9.17, 15) is 5.11 Å². The summed E-state index contributed by atoms with van der Waals surface area (Å²) in [5, 5.41) is 12.2. The molecule has 0 aliphatic carbocycles. The molecule has 1 aliphatic rings. The molecule has 0 aromatic carbocycles. The number of rotatable bonds is 6. The summed E-state index contributed by atoms with van der Waals surface area (Å²) in [4.78, 5) is 6.40. The van der Waals surface area contributed by atoms with Crippen LogP contribution in [0.1, 0.15) is 81.1 Å². The summed E-state index contributed by atoms with van der Waals surface area (Å²) in [6.45, 7) is 17.0. The van der Waals surface area contributed by atoms with E-state index in [0.29, 0.717) is 0 Å². The standard InChI is InChI=1S/C22H39NO2/c1-9-12-20(19(4)24)17(2)13-14-18(3)25-23-21(5,6)15-10-11-16-22(23,7)8/h9,12-14,18-19,24H,10-11,15-16H2,1-8H3/b12-9-,14-13+,20-17+. The van der Waals surface area contributed by atoms with Gasteiger partial charge < -0.3 is 5.11 Å². The maximum atomic E-state index is 9.93. The van der Waals surface area contributed by atoms with Gasteiger partial charge in [0.05, 0.1) is 12.2 Å². The van der Waals surface area contributed by atoms with Crippen LogP contribution < -0.4 is 0 Å². The van der Waals surface area contributed by atoms with E-state index in [4.69, 9.17) is 4.84 Å². The van der Waals surface area contributed by atoms with Gasteiger partial charge in [0.15, 0.2) is 0 Å². The first-order valence-corrected chi connectivity index (χ1v) is 9.68. The van der Waals surface area contributed by atoms with Gasteiger partial charge in [-0.2, -0.15) is 5.06 Å². The smallest absolute Gasteiger partial charge is 0.0949 e. The average Bonchev–Trinajstić information content (AvgIpc) is 2.60. The average molecular weight is 350 g/mol. The normalized spacial score (nSPS) is 25.0. The number of hydrogen-bond donors (Lipinski definition) is 1. The van der Waals surface area contributed by atoms with Gasteiger partial charge in [0.1, 0.15) is 0 Å². The minimum absolute atomic E-state index is 0.0209. The Balaban J connectivity index is 2.92. The van der Waals surface area contributed by atoms with E-state index in [-0.39, 0.29) is 17.2 Å². The molecule has 1 rings (SSSR count). The second-order valence-electron chi connectivity index (χ2n) is 8.61. The molecule has 0 amide bonds. The van der Waals surface area contributed by atoms with Crippen molar-refractivity contribution in [3.8, 4) is 0 Å². The van der Waals surface area contributed by atoms with Crippen molar-refractivity contribution in [1.29, 1.82) is 0 Å². The summed E-state index contributed by atoms with van der Waals surface area (Å²) in [5.74, 6) is 0. The van der Waals surface area contributed by atoms with Crippen molar-refractivity contribution in [2.24, 2.45) is 0 Å². The highest BCUT2D eigenvalue weighted by Crippen LogP contribution is 2.37. The van der Waals surface area contributed by atoms with Gasteiger partial charge in [0, 0.05) is 11.1 Å². The van der Waals surface area contributed by atoms with Crippen molar-refractivity contribution >= 4 is 0 Å². The molecule has 1 saturated heterocycles. The molecule has 3 heteroatoms. The van der Waals surface area contributed by atoms with Crippen molar-refractivity contribution in [2.45, 2.75) is 104 Å². The van der Waals surface area contributed by atoms with Crippen LogP contribution in [0, 0.1) is 0 Å². The third kappa shape index (κ3) is 6.40. The lowest BCUT2D eigenvalue weighted by atomic mass is 9.95. The van der Waals surface area contributed by atoms with Crippen LogP contribution in [0.5, 0.6) is 0 Å². The van der Waals surface area contributed by atoms with E-state index in [0.717, 1.165) is 24.0 Å². The second-order valence-corrected chi connectivity index (χ2v) is 8.61. The van der Waals surface area contributed by atoms with Gasteiger partial charge in [0.25, 0.3) is 0 Å². The molecule has 0 bridgehead atoms. The molecule has 2 unspecified atom stereocenters. The zero-order valence-corrected chi connectivity index (χ0v) is 17.6. The maximum absolute atomic E-state index is 9.93. The first-order valence-electron chi connectivity index (χ1n) is 9.68. The minimum Gasteiger partial charge on any atom is -0.389 e. The Labute approximate surface area is 155 Å². The summed E-state index contributed by atoms with van der Waals surface area (Å²) in [7, 11) is 0. The van der Waals surface area contributed by atoms with E-state index in [2.05, 4.69) is 51.8 Å². The van der Waals surface area contributed by atoms with Gasteiger partial charge >= 0.3 is 0 Å². The number of hydrogen-bond acceptors (Lipinski definition) is 3. The second kappa shape index (κ2) is 9.16. The summed E-state index contributed by atoms with van der Waals surface area (Å²) < 4.78 is 0. The highest BCUT2D eigenvalue weighted by molar-refractivity contribution is 5.34. The van der Waals surface area contributed by atoms with E-state index >= 15 is 0 Å². The van der Waals surface area contributed by atoms with Crippen molar-refractivity contribution in [1.82, 2.24) is 5.06 Å². The third-order valence-electron chi connectivity index (χ3n) is 5.07. The highest BCUT2D eigenvalue weighted by atomic mass is 16.7. The molecule has 2 atom stereocenters. The third-order valence-corrected chi connectivity index (χ3v) is 5.07. The van der Waals surface area contributed by atoms with Crippen molar-refractivity contribution < 1.29 is 9.94 Å². The van der Waals surface area contributed by atoms with Crippen LogP contribution in [0.3, 0.4) is 0 Å². The van der Waals surface area contributed by atoms with Crippen LogP contribution in [0.15, 0.2) is 35.5 Å². The Hall–Kier alpha value is -0.900. The first kappa shape index (κ1) is 22.1. The van der Waals surface area contributed by atoms with Crippen LogP contribution in [0.25, 0.3) is 0 Å². The lowest BCUT2D eigenvalue weighted by molar-refractivity contribution is -0.277. The zero-order valence-electron chi connectivity index (χ0n) is 17.6. The van der Waals surface area contributed by atoms with Crippen molar-refractivity contribution in [3.63, 3.8) is 0 Å². The Bertz CT molecular complexity index is 494. The van der Waals surface area contributed by atoms with Crippen LogP contribution in [-0.4, -0.2) is 33.5 Å². The van der Waals surface area contributed by atoms with Gasteiger partial charge in [-0.15, -0.1) is 0 Å². The summed E-state index contributed by atoms with van der Waals surface area (Å²) in [6.07, 6.45) is 12.4. The Morgan fingerprint density at radius 3 is 2.00 bits per heavy atom. The molecule has 1 fully saturated rings. The number of nitrogens with zero attached hydrogens (tertiary/aromatic N) is 1. The Morgan fingerprint density at radius 2 is 1.56 bits per heavy atom. The summed E-state index contributed by atoms with van der Waals surface area (Å²) in [6, 6.07) is 0. The molecule has 0 spiro atoms. The van der Waals surface area contributed by atoms with E-state index in [1.54, 1.807) is 6.92 Å². The van der Waals surface area contributed by atoms with Gasteiger partial charge in [-0.05, 0) is 79.4 Å². The van der Waals surface area contributed by atoms with Crippen LogP contribution in [-0.2, 0) is 4.84 Å². The van der Waals surface area contributed by atoms with E-state index in [1.807, 2.05) is 26.0 Å². The van der Waals surface area contributed by atoms with E-state index in [1.165, 1.54) is 12.8 Å². The SMILES string of the molecule is C\C=C/C(=C(C)\C=C\C(C)ON1C(C)(C)CCCCC1(C)C)C(C)O. The molecular formula is C22H39NO2. The topological polar surface area (TPSA) is 32.7 Å². The van der Waals surface area contributed by atoms with E-state index < -0.39 is 6.10 Å². The molecule has 25 heavy (non-hydrogen) atoms. The van der Waals surface area contributed by atoms with Crippen molar-refractivity contribution in [3.05, 3.63) is 35.5 Å². The molecule has 1 heterocycles. The molecule has 144 valence electrons. The fourth-order valence-corrected chi connectivity index (χ4v) is 3.78. The molecule has 0 aromatic heterocycles. The fraction of sp³-hybridized carbons (Fsp3) is 0.727. The van der Waals surface area contributed by atoms with Gasteiger partial charge in [0.2, 0.25) is 0 Å². The molecule has 0 aromatic rings.